The Morgan fingerprint density at radius 1 is 1.38 bits per heavy atom. The minimum Gasteiger partial charge on any atom is -0.353 e. The van der Waals surface area contributed by atoms with E-state index in [0.29, 0.717) is 12.5 Å². The highest BCUT2D eigenvalue weighted by molar-refractivity contribution is 5.76. The van der Waals surface area contributed by atoms with Crippen molar-refractivity contribution in [1.29, 1.82) is 0 Å². The molecule has 2 heteroatoms. The summed E-state index contributed by atoms with van der Waals surface area (Å²) in [4.78, 5) is 11.4. The first kappa shape index (κ1) is 10.6. The zero-order chi connectivity index (χ0) is 9.52. The van der Waals surface area contributed by atoms with Crippen LogP contribution in [-0.2, 0) is 4.79 Å². The molecule has 0 aromatic carbocycles. The third-order valence-corrected chi connectivity index (χ3v) is 2.73. The van der Waals surface area contributed by atoms with Gasteiger partial charge in [0.15, 0.2) is 0 Å². The van der Waals surface area contributed by atoms with Crippen LogP contribution in [0.1, 0.15) is 59.7 Å². The van der Waals surface area contributed by atoms with Crippen LogP contribution in [0.15, 0.2) is 0 Å². The number of rotatable bonds is 4. The highest BCUT2D eigenvalue weighted by atomic mass is 16.1. The fourth-order valence-electron chi connectivity index (χ4n) is 1.88. The van der Waals surface area contributed by atoms with Crippen molar-refractivity contribution in [2.24, 2.45) is 0 Å². The fraction of sp³-hybridized carbons (Fsp3) is 0.909. The molecule has 1 fully saturated rings. The maximum absolute atomic E-state index is 11.4. The summed E-state index contributed by atoms with van der Waals surface area (Å²) in [7, 11) is 0. The van der Waals surface area contributed by atoms with Gasteiger partial charge in [0, 0.05) is 13.9 Å². The molecule has 2 nitrogen and oxygen atoms in total. The van der Waals surface area contributed by atoms with E-state index in [1.807, 2.05) is 0 Å². The summed E-state index contributed by atoms with van der Waals surface area (Å²) in [5.41, 5.74) is 0. The van der Waals surface area contributed by atoms with E-state index < -0.39 is 0 Å². The number of amides is 1. The van der Waals surface area contributed by atoms with Crippen LogP contribution in [0.25, 0.3) is 0 Å². The molecule has 0 aliphatic heterocycles. The summed E-state index contributed by atoms with van der Waals surface area (Å²) in [5.74, 6) is 0.258. The van der Waals surface area contributed by atoms with E-state index >= 15 is 0 Å². The normalized spacial score (nSPS) is 18.5. The van der Waals surface area contributed by atoms with Crippen LogP contribution in [0.2, 0.25) is 0 Å². The van der Waals surface area contributed by atoms with E-state index in [1.165, 1.54) is 32.1 Å². The summed E-state index contributed by atoms with van der Waals surface area (Å²) in [6.07, 6.45) is 9.16. The predicted octanol–water partition coefficient (Wildman–Crippen LogP) is 2.87. The van der Waals surface area contributed by atoms with Crippen LogP contribution in [0.4, 0.5) is 0 Å². The van der Waals surface area contributed by atoms with Crippen LogP contribution in [0, 0.1) is 0 Å². The third-order valence-electron chi connectivity index (χ3n) is 2.73. The Morgan fingerprint density at radius 2 is 2.08 bits per heavy atom. The molecule has 0 spiro atoms. The fourth-order valence-corrected chi connectivity index (χ4v) is 1.88. The molecule has 1 aliphatic rings. The molecule has 0 bridgehead atoms. The lowest BCUT2D eigenvalue weighted by Gasteiger charge is -2.22. The number of carbonyl (C=O) groups is 1. The summed E-state index contributed by atoms with van der Waals surface area (Å²) in [6.45, 7) is 2.12. The highest BCUT2D eigenvalue weighted by Crippen LogP contribution is 2.17. The molecule has 1 N–H and O–H groups in total. The van der Waals surface area contributed by atoms with Gasteiger partial charge in [0.25, 0.3) is 0 Å². The highest BCUT2D eigenvalue weighted by Gasteiger charge is 2.14. The summed E-state index contributed by atoms with van der Waals surface area (Å²) in [5, 5.41) is 3.11. The quantitative estimate of drug-likeness (QED) is 0.717. The topological polar surface area (TPSA) is 29.1 Å². The van der Waals surface area contributed by atoms with Crippen molar-refractivity contribution in [2.45, 2.75) is 64.3 Å². The lowest BCUT2D eigenvalue weighted by Crippen LogP contribution is -2.35. The first-order valence-corrected chi connectivity index (χ1v) is 5.62. The summed E-state index contributed by atoms with van der Waals surface area (Å²) >= 11 is 0. The van der Waals surface area contributed by atoms with Crippen molar-refractivity contribution in [1.82, 2.24) is 5.32 Å². The lowest BCUT2D eigenvalue weighted by molar-refractivity contribution is -0.122. The number of hydrogen-bond donors (Lipinski definition) is 1. The van der Waals surface area contributed by atoms with E-state index in [1.54, 1.807) is 0 Å². The first-order valence-electron chi connectivity index (χ1n) is 5.62. The van der Waals surface area contributed by atoms with Crippen LogP contribution in [-0.4, -0.2) is 11.9 Å². The Balaban J connectivity index is 0.00000169. The molecule has 0 heterocycles. The molecule has 0 unspecified atom stereocenters. The van der Waals surface area contributed by atoms with Gasteiger partial charge in [-0.2, -0.15) is 0 Å². The van der Waals surface area contributed by atoms with Crippen LogP contribution in [0.3, 0.4) is 0 Å². The van der Waals surface area contributed by atoms with Crippen molar-refractivity contribution in [3.8, 4) is 0 Å². The molecule has 13 heavy (non-hydrogen) atoms. The van der Waals surface area contributed by atoms with E-state index in [-0.39, 0.29) is 7.33 Å². The maximum Gasteiger partial charge on any atom is 0.220 e. The number of unbranched alkanes of at least 4 members (excludes halogenated alkanes) is 1. The largest absolute Gasteiger partial charge is 0.353 e. The molecule has 0 radical (unpaired) electrons. The molecular formula is C11H23NO. The molecule has 0 aromatic heterocycles. The number of hydrogen-bond acceptors (Lipinski definition) is 1. The number of carbonyl (C=O) groups excluding carboxylic acids is 1. The SMILES string of the molecule is CCCCC(=O)NC1CCCCC1.[HH]. The Labute approximate surface area is 82.6 Å². The average Bonchev–Trinajstić information content (AvgIpc) is 2.16. The molecule has 0 saturated heterocycles. The third kappa shape index (κ3) is 4.30. The second-order valence-corrected chi connectivity index (χ2v) is 4.01. The average molecular weight is 185 g/mol. The molecule has 1 aliphatic carbocycles. The minimum atomic E-state index is 0. The lowest BCUT2D eigenvalue weighted by atomic mass is 9.95. The Kier molecular flexibility index (Phi) is 4.87. The zero-order valence-electron chi connectivity index (χ0n) is 8.64. The van der Waals surface area contributed by atoms with Crippen LogP contribution in [0.5, 0.6) is 0 Å². The maximum atomic E-state index is 11.4. The smallest absolute Gasteiger partial charge is 0.220 e. The van der Waals surface area contributed by atoms with Crippen molar-refractivity contribution in [3.63, 3.8) is 0 Å². The van der Waals surface area contributed by atoms with Crippen LogP contribution >= 0.6 is 0 Å². The van der Waals surface area contributed by atoms with Gasteiger partial charge in [-0.05, 0) is 19.3 Å². The zero-order valence-corrected chi connectivity index (χ0v) is 8.64. The molecular weight excluding hydrogens is 162 g/mol. The van der Waals surface area contributed by atoms with Gasteiger partial charge in [0.2, 0.25) is 5.91 Å². The van der Waals surface area contributed by atoms with Gasteiger partial charge in [-0.25, -0.2) is 0 Å². The predicted molar refractivity (Wildman–Crippen MR) is 56.7 cm³/mol. The summed E-state index contributed by atoms with van der Waals surface area (Å²) in [6, 6.07) is 0.484. The standard InChI is InChI=1S/C11H21NO.H2/c1-2-3-9-11(13)12-10-7-5-4-6-8-10;/h10H,2-9H2,1H3,(H,12,13);1H. The van der Waals surface area contributed by atoms with Gasteiger partial charge in [0.1, 0.15) is 0 Å². The Bertz CT molecular complexity index is 155. The van der Waals surface area contributed by atoms with E-state index in [9.17, 15) is 4.79 Å². The molecule has 1 saturated carbocycles. The first-order chi connectivity index (χ1) is 6.33. The van der Waals surface area contributed by atoms with E-state index in [4.69, 9.17) is 0 Å². The van der Waals surface area contributed by atoms with Gasteiger partial charge in [-0.1, -0.05) is 32.6 Å². The van der Waals surface area contributed by atoms with Crippen molar-refractivity contribution >= 4 is 5.91 Å². The molecule has 78 valence electrons. The van der Waals surface area contributed by atoms with Crippen molar-refractivity contribution in [2.75, 3.05) is 0 Å². The molecule has 1 rings (SSSR count). The molecule has 0 atom stereocenters. The van der Waals surface area contributed by atoms with Gasteiger partial charge < -0.3 is 5.32 Å². The molecule has 0 aromatic rings. The van der Waals surface area contributed by atoms with Crippen molar-refractivity contribution < 1.29 is 6.22 Å². The second kappa shape index (κ2) is 6.01. The van der Waals surface area contributed by atoms with Gasteiger partial charge in [-0.15, -0.1) is 0 Å². The summed E-state index contributed by atoms with van der Waals surface area (Å²) < 4.78 is 0. The minimum absolute atomic E-state index is 0. The van der Waals surface area contributed by atoms with E-state index in [2.05, 4.69) is 12.2 Å². The van der Waals surface area contributed by atoms with Gasteiger partial charge in [0.05, 0.1) is 0 Å². The Hall–Kier alpha value is -0.530. The monoisotopic (exact) mass is 185 g/mol. The second-order valence-electron chi connectivity index (χ2n) is 4.01. The van der Waals surface area contributed by atoms with E-state index in [0.717, 1.165) is 12.8 Å². The van der Waals surface area contributed by atoms with Crippen LogP contribution < -0.4 is 5.32 Å². The molecule has 1 amide bonds. The van der Waals surface area contributed by atoms with Crippen molar-refractivity contribution in [3.05, 3.63) is 0 Å². The Morgan fingerprint density at radius 3 is 2.69 bits per heavy atom. The number of nitrogens with one attached hydrogen (secondary N) is 1. The van der Waals surface area contributed by atoms with Gasteiger partial charge >= 0.3 is 0 Å². The van der Waals surface area contributed by atoms with Gasteiger partial charge in [-0.3, -0.25) is 4.79 Å².